The predicted octanol–water partition coefficient (Wildman–Crippen LogP) is 3.56. The first kappa shape index (κ1) is 32.8. The smallest absolute Gasteiger partial charge is 0.190 e. The van der Waals surface area contributed by atoms with E-state index in [1.807, 2.05) is 93.6 Å². The van der Waals surface area contributed by atoms with Gasteiger partial charge in [0.1, 0.15) is 24.4 Å². The highest BCUT2D eigenvalue weighted by Crippen LogP contribution is 2.44. The third kappa shape index (κ3) is 8.12. The fraction of sp³-hybridized carbons (Fsp3) is 0.514. The Bertz CT molecular complexity index is 1570. The third-order valence-electron chi connectivity index (χ3n) is 8.66. The van der Waals surface area contributed by atoms with Gasteiger partial charge < -0.3 is 23.7 Å². The Balaban J connectivity index is 1.05. The predicted molar refractivity (Wildman–Crippen MR) is 173 cm³/mol. The van der Waals surface area contributed by atoms with Gasteiger partial charge in [0.05, 0.1) is 29.3 Å². The molecule has 3 aliphatic rings. The maximum absolute atomic E-state index is 6.41. The summed E-state index contributed by atoms with van der Waals surface area (Å²) in [6, 6.07) is 18.1. The SMILES string of the molecule is CC1(C)O[C@H]2[C@@H](O1)[C@@H](Cn1cc(CN(CCN(Cc3ccccn3)Cc3ccccn3)Cc3ccccn3)nn1)O[C@@H]1OC(C)(C)O[C@@H]12. The molecule has 3 saturated heterocycles. The zero-order valence-electron chi connectivity index (χ0n) is 28.0. The quantitative estimate of drug-likeness (QED) is 0.209. The van der Waals surface area contributed by atoms with Gasteiger partial charge in [0.2, 0.25) is 0 Å². The van der Waals surface area contributed by atoms with Gasteiger partial charge in [-0.1, -0.05) is 23.4 Å². The molecule has 3 fully saturated rings. The van der Waals surface area contributed by atoms with Crippen LogP contribution in [0.5, 0.6) is 0 Å². The number of aromatic nitrogens is 6. The number of rotatable bonds is 13. The molecule has 48 heavy (non-hydrogen) atoms. The Morgan fingerprint density at radius 3 is 1.67 bits per heavy atom. The van der Waals surface area contributed by atoms with Crippen LogP contribution < -0.4 is 0 Å². The van der Waals surface area contributed by atoms with Gasteiger partial charge in [0.15, 0.2) is 17.9 Å². The zero-order valence-corrected chi connectivity index (χ0v) is 28.0. The van der Waals surface area contributed by atoms with Gasteiger partial charge >= 0.3 is 0 Å². The van der Waals surface area contributed by atoms with Crippen LogP contribution in [0.15, 0.2) is 79.4 Å². The minimum atomic E-state index is -0.771. The fourth-order valence-electron chi connectivity index (χ4n) is 6.63. The molecule has 7 heterocycles. The van der Waals surface area contributed by atoms with Crippen LogP contribution in [0, 0.1) is 0 Å². The molecule has 0 bridgehead atoms. The van der Waals surface area contributed by atoms with Gasteiger partial charge in [-0.15, -0.1) is 5.10 Å². The summed E-state index contributed by atoms with van der Waals surface area (Å²) in [6.45, 7) is 12.3. The van der Waals surface area contributed by atoms with E-state index >= 15 is 0 Å². The normalized spacial score (nSPS) is 25.8. The summed E-state index contributed by atoms with van der Waals surface area (Å²) < 4.78 is 33.1. The number of pyridine rings is 3. The maximum Gasteiger partial charge on any atom is 0.190 e. The second-order valence-corrected chi connectivity index (χ2v) is 13.5. The van der Waals surface area contributed by atoms with Crippen LogP contribution in [0.3, 0.4) is 0 Å². The first-order valence-electron chi connectivity index (χ1n) is 16.6. The highest BCUT2D eigenvalue weighted by molar-refractivity contribution is 5.07. The summed E-state index contributed by atoms with van der Waals surface area (Å²) >= 11 is 0. The number of nitrogens with zero attached hydrogens (tertiary/aromatic N) is 8. The van der Waals surface area contributed by atoms with Crippen LogP contribution in [0.4, 0.5) is 0 Å². The molecule has 0 N–H and O–H groups in total. The molecular weight excluding hydrogens is 612 g/mol. The minimum Gasteiger partial charge on any atom is -0.342 e. The molecule has 0 aromatic carbocycles. The number of hydrogen-bond donors (Lipinski definition) is 0. The lowest BCUT2D eigenvalue weighted by Crippen LogP contribution is -2.56. The van der Waals surface area contributed by atoms with Crippen LogP contribution >= 0.6 is 0 Å². The number of ether oxygens (including phenoxy) is 5. The molecule has 4 aromatic heterocycles. The monoisotopic (exact) mass is 656 g/mol. The van der Waals surface area contributed by atoms with E-state index in [1.165, 1.54) is 0 Å². The van der Waals surface area contributed by atoms with E-state index in [-0.39, 0.29) is 24.4 Å². The molecule has 0 amide bonds. The molecule has 3 aliphatic heterocycles. The Labute approximate surface area is 281 Å². The van der Waals surface area contributed by atoms with E-state index in [1.54, 1.807) is 0 Å². The number of fused-ring (bicyclic) bond motifs is 3. The van der Waals surface area contributed by atoms with E-state index in [4.69, 9.17) is 23.7 Å². The van der Waals surface area contributed by atoms with Gasteiger partial charge in [0.25, 0.3) is 0 Å². The van der Waals surface area contributed by atoms with Crippen LogP contribution in [-0.2, 0) is 56.4 Å². The van der Waals surface area contributed by atoms with Crippen molar-refractivity contribution >= 4 is 0 Å². The summed E-state index contributed by atoms with van der Waals surface area (Å²) in [5, 5.41) is 9.05. The average Bonchev–Trinajstić information content (AvgIpc) is 3.74. The number of hydrogen-bond acceptors (Lipinski definition) is 12. The topological polar surface area (TPSA) is 122 Å². The maximum atomic E-state index is 6.41. The van der Waals surface area contributed by atoms with Crippen molar-refractivity contribution in [2.24, 2.45) is 0 Å². The van der Waals surface area contributed by atoms with Crippen molar-refractivity contribution in [3.8, 4) is 0 Å². The molecular formula is C35H44N8O5. The second-order valence-electron chi connectivity index (χ2n) is 13.5. The summed E-state index contributed by atoms with van der Waals surface area (Å²) in [6.07, 6.45) is 5.54. The van der Waals surface area contributed by atoms with Crippen LogP contribution in [0.2, 0.25) is 0 Å². The van der Waals surface area contributed by atoms with Crippen molar-refractivity contribution in [2.75, 3.05) is 13.1 Å². The lowest BCUT2D eigenvalue weighted by Gasteiger charge is -2.37. The molecule has 254 valence electrons. The second kappa shape index (κ2) is 14.0. The van der Waals surface area contributed by atoms with Gasteiger partial charge in [0, 0.05) is 64.1 Å². The summed E-state index contributed by atoms with van der Waals surface area (Å²) in [7, 11) is 0. The van der Waals surface area contributed by atoms with Crippen molar-refractivity contribution in [1.29, 1.82) is 0 Å². The Morgan fingerprint density at radius 2 is 1.12 bits per heavy atom. The van der Waals surface area contributed by atoms with E-state index in [9.17, 15) is 0 Å². The van der Waals surface area contributed by atoms with Gasteiger partial charge in [-0.25, -0.2) is 4.68 Å². The van der Waals surface area contributed by atoms with Gasteiger partial charge in [-0.2, -0.15) is 0 Å². The molecule has 4 aromatic rings. The largest absolute Gasteiger partial charge is 0.342 e. The van der Waals surface area contributed by atoms with Gasteiger partial charge in [-0.3, -0.25) is 24.8 Å². The molecule has 0 unspecified atom stereocenters. The van der Waals surface area contributed by atoms with E-state index < -0.39 is 17.9 Å². The third-order valence-corrected chi connectivity index (χ3v) is 8.66. The van der Waals surface area contributed by atoms with Crippen LogP contribution in [-0.4, -0.2) is 95.1 Å². The Hall–Kier alpha value is -3.69. The van der Waals surface area contributed by atoms with Crippen LogP contribution in [0.25, 0.3) is 0 Å². The Kier molecular flexibility index (Phi) is 9.61. The first-order chi connectivity index (χ1) is 23.2. The summed E-state index contributed by atoms with van der Waals surface area (Å²) in [5.41, 5.74) is 3.88. The summed E-state index contributed by atoms with van der Waals surface area (Å²) in [4.78, 5) is 18.5. The van der Waals surface area contributed by atoms with Crippen molar-refractivity contribution in [3.05, 3.63) is 102 Å². The standard InChI is InChI=1S/C35H44N8O5/c1-34(2)45-30-29(44-33-32(31(30)46-34)47-35(3,4)48-33)24-43-23-28(39-40-43)22-42(21-27-13-7-10-16-38-27)18-17-41(19-25-11-5-8-14-36-25)20-26-12-6-9-15-37-26/h5-16,23,29-33H,17-22,24H2,1-4H3/t29-,30+,31+,32-,33-/m1/s1. The van der Waals surface area contributed by atoms with E-state index in [2.05, 4.69) is 53.3 Å². The molecule has 7 rings (SSSR count). The molecule has 13 heteroatoms. The molecule has 13 nitrogen and oxygen atoms in total. The van der Waals surface area contributed by atoms with Crippen molar-refractivity contribution in [2.45, 2.75) is 103 Å². The van der Waals surface area contributed by atoms with Crippen molar-refractivity contribution in [1.82, 2.24) is 39.7 Å². The molecule has 0 saturated carbocycles. The first-order valence-corrected chi connectivity index (χ1v) is 16.6. The fourth-order valence-corrected chi connectivity index (χ4v) is 6.63. The molecule has 0 radical (unpaired) electrons. The van der Waals surface area contributed by atoms with E-state index in [0.717, 1.165) is 35.9 Å². The molecule has 5 atom stereocenters. The minimum absolute atomic E-state index is 0.317. The van der Waals surface area contributed by atoms with Crippen molar-refractivity contribution in [3.63, 3.8) is 0 Å². The van der Waals surface area contributed by atoms with E-state index in [0.29, 0.717) is 32.7 Å². The highest BCUT2D eigenvalue weighted by atomic mass is 16.9. The lowest BCUT2D eigenvalue weighted by atomic mass is 9.99. The lowest BCUT2D eigenvalue weighted by molar-refractivity contribution is -0.236. The van der Waals surface area contributed by atoms with Crippen molar-refractivity contribution < 1.29 is 23.7 Å². The average molecular weight is 657 g/mol. The highest BCUT2D eigenvalue weighted by Gasteiger charge is 2.60. The Morgan fingerprint density at radius 1 is 0.625 bits per heavy atom. The van der Waals surface area contributed by atoms with Crippen LogP contribution in [0.1, 0.15) is 50.5 Å². The molecule has 0 spiro atoms. The summed E-state index contributed by atoms with van der Waals surface area (Å²) in [5.74, 6) is -1.53. The zero-order chi connectivity index (χ0) is 33.1. The van der Waals surface area contributed by atoms with Gasteiger partial charge in [-0.05, 0) is 64.1 Å². The molecule has 0 aliphatic carbocycles.